The topological polar surface area (TPSA) is 109 Å². The highest BCUT2D eigenvalue weighted by atomic mass is 15.1. The van der Waals surface area contributed by atoms with Crippen LogP contribution in [-0.2, 0) is 0 Å². The molecule has 0 radical (unpaired) electrons. The number of H-pyrrole nitrogens is 2. The quantitative estimate of drug-likeness (QED) is 0.420. The number of nitrogen functional groups attached to an aromatic ring is 1. The van der Waals surface area contributed by atoms with Crippen LogP contribution < -0.4 is 5.73 Å². The molecule has 0 aromatic carbocycles. The summed E-state index contributed by atoms with van der Waals surface area (Å²) in [6.45, 7) is 0. The third-order valence-corrected chi connectivity index (χ3v) is 5.35. The standard InChI is InChI=1S/C23H17N7/c24-15-7-14(9-25-10-15)18-5-6-19-22(28-18)23(30-29-19)20-8-16-17(13-3-1-2-4-13)11-26-12-21(16)27-20/h1,3-12,27H,2,24H2,(H,29,30). The van der Waals surface area contributed by atoms with Crippen LogP contribution in [0.5, 0.6) is 0 Å². The van der Waals surface area contributed by atoms with E-state index in [1.807, 2.05) is 30.6 Å². The number of anilines is 1. The Bertz CT molecular complexity index is 1490. The molecule has 0 atom stereocenters. The van der Waals surface area contributed by atoms with Gasteiger partial charge in [-0.1, -0.05) is 18.2 Å². The normalized spacial score (nSPS) is 13.4. The summed E-state index contributed by atoms with van der Waals surface area (Å²) in [4.78, 5) is 16.9. The van der Waals surface area contributed by atoms with Crippen molar-refractivity contribution in [1.82, 2.24) is 30.1 Å². The summed E-state index contributed by atoms with van der Waals surface area (Å²) in [5.74, 6) is 0. The van der Waals surface area contributed by atoms with Crippen molar-refractivity contribution in [2.45, 2.75) is 6.42 Å². The summed E-state index contributed by atoms with van der Waals surface area (Å²) in [7, 11) is 0. The van der Waals surface area contributed by atoms with E-state index in [-0.39, 0.29) is 0 Å². The Kier molecular flexibility index (Phi) is 3.55. The molecule has 0 bridgehead atoms. The van der Waals surface area contributed by atoms with E-state index in [2.05, 4.69) is 49.4 Å². The van der Waals surface area contributed by atoms with Gasteiger partial charge in [-0.15, -0.1) is 0 Å². The van der Waals surface area contributed by atoms with Gasteiger partial charge < -0.3 is 10.7 Å². The molecule has 0 saturated heterocycles. The predicted octanol–water partition coefficient (Wildman–Crippen LogP) is 4.49. The number of hydrogen-bond acceptors (Lipinski definition) is 5. The van der Waals surface area contributed by atoms with Crippen LogP contribution in [0.25, 0.3) is 50.2 Å². The SMILES string of the molecule is Nc1cncc(-c2ccc3[nH]nc(-c4cc5c(C6=CCC=C6)cncc5[nH]4)c3n2)c1. The van der Waals surface area contributed by atoms with E-state index in [9.17, 15) is 0 Å². The monoisotopic (exact) mass is 391 g/mol. The molecular formula is C23H17N7. The Labute approximate surface area is 171 Å². The maximum absolute atomic E-state index is 5.89. The van der Waals surface area contributed by atoms with E-state index in [0.29, 0.717) is 5.69 Å². The number of allylic oxidation sites excluding steroid dienone is 4. The van der Waals surface area contributed by atoms with Crippen LogP contribution >= 0.6 is 0 Å². The zero-order valence-corrected chi connectivity index (χ0v) is 15.9. The Morgan fingerprint density at radius 2 is 1.90 bits per heavy atom. The first-order chi connectivity index (χ1) is 14.8. The highest BCUT2D eigenvalue weighted by Gasteiger charge is 2.16. The second-order valence-corrected chi connectivity index (χ2v) is 7.30. The summed E-state index contributed by atoms with van der Waals surface area (Å²) in [5, 5.41) is 8.73. The Morgan fingerprint density at radius 1 is 0.967 bits per heavy atom. The first-order valence-electron chi connectivity index (χ1n) is 9.66. The summed E-state index contributed by atoms with van der Waals surface area (Å²) >= 11 is 0. The van der Waals surface area contributed by atoms with Crippen LogP contribution in [0.2, 0.25) is 0 Å². The van der Waals surface area contributed by atoms with Crippen molar-refractivity contribution in [1.29, 1.82) is 0 Å². The van der Waals surface area contributed by atoms with Crippen LogP contribution in [0.3, 0.4) is 0 Å². The van der Waals surface area contributed by atoms with Gasteiger partial charge in [-0.2, -0.15) is 5.10 Å². The smallest absolute Gasteiger partial charge is 0.135 e. The number of nitrogens with zero attached hydrogens (tertiary/aromatic N) is 4. The van der Waals surface area contributed by atoms with E-state index in [0.717, 1.165) is 56.6 Å². The van der Waals surface area contributed by atoms with Gasteiger partial charge in [-0.25, -0.2) is 4.98 Å². The van der Waals surface area contributed by atoms with Gasteiger partial charge in [-0.3, -0.25) is 15.1 Å². The highest BCUT2D eigenvalue weighted by Crippen LogP contribution is 2.33. The highest BCUT2D eigenvalue weighted by molar-refractivity contribution is 5.99. The molecule has 30 heavy (non-hydrogen) atoms. The average molecular weight is 391 g/mol. The zero-order chi connectivity index (χ0) is 20.1. The molecule has 0 amide bonds. The van der Waals surface area contributed by atoms with Crippen molar-refractivity contribution in [3.8, 4) is 22.6 Å². The molecule has 0 aliphatic heterocycles. The fourth-order valence-corrected chi connectivity index (χ4v) is 3.91. The number of nitrogens with one attached hydrogen (secondary N) is 2. The molecular weight excluding hydrogens is 374 g/mol. The van der Waals surface area contributed by atoms with Crippen LogP contribution in [0, 0.1) is 0 Å². The molecule has 1 aliphatic carbocycles. The van der Waals surface area contributed by atoms with Gasteiger partial charge >= 0.3 is 0 Å². The first-order valence-corrected chi connectivity index (χ1v) is 9.66. The Morgan fingerprint density at radius 3 is 2.77 bits per heavy atom. The van der Waals surface area contributed by atoms with Crippen molar-refractivity contribution in [3.63, 3.8) is 0 Å². The lowest BCUT2D eigenvalue weighted by Gasteiger charge is -2.02. The fourth-order valence-electron chi connectivity index (χ4n) is 3.91. The van der Waals surface area contributed by atoms with Gasteiger partial charge in [0.1, 0.15) is 11.2 Å². The van der Waals surface area contributed by atoms with E-state index in [1.54, 1.807) is 12.4 Å². The number of aromatic nitrogens is 6. The number of pyridine rings is 3. The summed E-state index contributed by atoms with van der Waals surface area (Å²) in [6.07, 6.45) is 14.6. The minimum Gasteiger partial charge on any atom is -0.397 e. The van der Waals surface area contributed by atoms with Crippen LogP contribution in [0.15, 0.2) is 67.3 Å². The molecule has 1 aliphatic rings. The fraction of sp³-hybridized carbons (Fsp3) is 0.0435. The van der Waals surface area contributed by atoms with Crippen LogP contribution in [0.1, 0.15) is 12.0 Å². The third kappa shape index (κ3) is 2.60. The Hall–Kier alpha value is -4.26. The largest absolute Gasteiger partial charge is 0.397 e. The number of aromatic amines is 2. The number of nitrogens with two attached hydrogens (primary N) is 1. The van der Waals surface area contributed by atoms with Gasteiger partial charge in [-0.05, 0) is 36.3 Å². The lowest BCUT2D eigenvalue weighted by Crippen LogP contribution is -1.90. The molecule has 0 spiro atoms. The number of hydrogen-bond donors (Lipinski definition) is 3. The van der Waals surface area contributed by atoms with Crippen molar-refractivity contribution in [2.75, 3.05) is 5.73 Å². The predicted molar refractivity (Wildman–Crippen MR) is 118 cm³/mol. The maximum Gasteiger partial charge on any atom is 0.135 e. The maximum atomic E-state index is 5.89. The molecule has 7 nitrogen and oxygen atoms in total. The van der Waals surface area contributed by atoms with E-state index in [4.69, 9.17) is 10.7 Å². The summed E-state index contributed by atoms with van der Waals surface area (Å²) < 4.78 is 0. The zero-order valence-electron chi connectivity index (χ0n) is 15.9. The van der Waals surface area contributed by atoms with Crippen molar-refractivity contribution in [3.05, 3.63) is 72.8 Å². The molecule has 0 saturated carbocycles. The second-order valence-electron chi connectivity index (χ2n) is 7.30. The lowest BCUT2D eigenvalue weighted by atomic mass is 10.1. The molecule has 6 rings (SSSR count). The van der Waals surface area contributed by atoms with E-state index >= 15 is 0 Å². The number of rotatable bonds is 3. The molecule has 4 N–H and O–H groups in total. The molecule has 144 valence electrons. The molecule has 7 heteroatoms. The minimum atomic E-state index is 0.604. The second kappa shape index (κ2) is 6.38. The average Bonchev–Trinajstić information content (AvgIpc) is 3.51. The molecule has 0 fully saturated rings. The molecule has 5 aromatic rings. The van der Waals surface area contributed by atoms with Gasteiger partial charge in [0.15, 0.2) is 0 Å². The van der Waals surface area contributed by atoms with Gasteiger partial charge in [0.05, 0.1) is 34.3 Å². The lowest BCUT2D eigenvalue weighted by molar-refractivity contribution is 1.12. The van der Waals surface area contributed by atoms with Gasteiger partial charge in [0, 0.05) is 35.1 Å². The van der Waals surface area contributed by atoms with E-state index < -0.39 is 0 Å². The minimum absolute atomic E-state index is 0.604. The molecule has 5 aromatic heterocycles. The first kappa shape index (κ1) is 16.7. The Balaban J connectivity index is 1.51. The summed E-state index contributed by atoms with van der Waals surface area (Å²) in [6, 6.07) is 7.89. The van der Waals surface area contributed by atoms with Crippen molar-refractivity contribution >= 4 is 33.2 Å². The number of fused-ring (bicyclic) bond motifs is 2. The van der Waals surface area contributed by atoms with Crippen molar-refractivity contribution < 1.29 is 0 Å². The molecule has 5 heterocycles. The van der Waals surface area contributed by atoms with Gasteiger partial charge in [0.2, 0.25) is 0 Å². The van der Waals surface area contributed by atoms with Crippen molar-refractivity contribution in [2.24, 2.45) is 0 Å². The third-order valence-electron chi connectivity index (χ3n) is 5.35. The van der Waals surface area contributed by atoms with Crippen LogP contribution in [0.4, 0.5) is 5.69 Å². The summed E-state index contributed by atoms with van der Waals surface area (Å²) in [5.41, 5.74) is 14.7. The van der Waals surface area contributed by atoms with Gasteiger partial charge in [0.25, 0.3) is 0 Å². The van der Waals surface area contributed by atoms with E-state index in [1.165, 1.54) is 5.57 Å². The van der Waals surface area contributed by atoms with Crippen LogP contribution in [-0.4, -0.2) is 30.1 Å². The molecule has 0 unspecified atom stereocenters.